The molecule has 2 heterocycles. The van der Waals surface area contributed by atoms with Crippen LogP contribution in [0, 0.1) is 0 Å². The van der Waals surface area contributed by atoms with E-state index in [4.69, 9.17) is 16.0 Å². The monoisotopic (exact) mass is 388 g/mol. The smallest absolute Gasteiger partial charge is 0.319 e. The molecule has 0 aliphatic carbocycles. The number of furan rings is 1. The number of carbonyl (C=O) groups excluding carboxylic acids is 1. The number of halogens is 1. The highest BCUT2D eigenvalue weighted by Gasteiger charge is 2.29. The van der Waals surface area contributed by atoms with E-state index in [0.29, 0.717) is 23.9 Å². The fraction of sp³-hybridized carbons (Fsp3) is 0.400. The number of hydrogen-bond acceptors (Lipinski definition) is 4. The summed E-state index contributed by atoms with van der Waals surface area (Å²) in [5.74, 6) is 1.42. The number of rotatable bonds is 8. The zero-order valence-corrected chi connectivity index (χ0v) is 16.4. The number of carbonyl (C=O) groups is 1. The third-order valence-electron chi connectivity index (χ3n) is 4.44. The predicted molar refractivity (Wildman–Crippen MR) is 108 cm³/mol. The molecular weight excluding hydrogens is 364 g/mol. The first-order chi connectivity index (χ1) is 13.0. The van der Waals surface area contributed by atoms with Gasteiger partial charge in [-0.15, -0.1) is 0 Å². The number of nitrogens with zero attached hydrogens (tertiary/aromatic N) is 3. The third kappa shape index (κ3) is 5.34. The fourth-order valence-electron chi connectivity index (χ4n) is 2.97. The molecule has 1 aromatic carbocycles. The minimum absolute atomic E-state index is 0.0525. The van der Waals surface area contributed by atoms with Crippen molar-refractivity contribution in [3.63, 3.8) is 0 Å². The number of urea groups is 1. The van der Waals surface area contributed by atoms with Gasteiger partial charge in [0.25, 0.3) is 0 Å². The molecule has 0 bridgehead atoms. The Bertz CT molecular complexity index is 786. The van der Waals surface area contributed by atoms with Crippen molar-refractivity contribution in [1.29, 1.82) is 0 Å². The van der Waals surface area contributed by atoms with Gasteiger partial charge in [-0.3, -0.25) is 4.99 Å². The molecule has 144 valence electrons. The fourth-order valence-corrected chi connectivity index (χ4v) is 3.10. The molecule has 1 N–H and O–H groups in total. The van der Waals surface area contributed by atoms with Gasteiger partial charge in [0, 0.05) is 17.1 Å². The Morgan fingerprint density at radius 2 is 2.04 bits per heavy atom. The highest BCUT2D eigenvalue weighted by atomic mass is 35.5. The van der Waals surface area contributed by atoms with Gasteiger partial charge in [-0.2, -0.15) is 0 Å². The Morgan fingerprint density at radius 3 is 2.78 bits per heavy atom. The van der Waals surface area contributed by atoms with E-state index in [2.05, 4.69) is 29.3 Å². The van der Waals surface area contributed by atoms with Gasteiger partial charge < -0.3 is 19.5 Å². The lowest BCUT2D eigenvalue weighted by atomic mass is 10.2. The van der Waals surface area contributed by atoms with Crippen molar-refractivity contribution in [2.75, 3.05) is 33.7 Å². The number of unbranched alkanes of at least 4 members (excludes halogenated alkanes) is 1. The van der Waals surface area contributed by atoms with E-state index in [-0.39, 0.29) is 12.2 Å². The first-order valence-corrected chi connectivity index (χ1v) is 9.49. The second kappa shape index (κ2) is 9.06. The van der Waals surface area contributed by atoms with Crippen molar-refractivity contribution < 1.29 is 9.21 Å². The minimum Gasteiger partial charge on any atom is -0.455 e. The summed E-state index contributed by atoms with van der Waals surface area (Å²) in [6, 6.07) is 11.2. The van der Waals surface area contributed by atoms with E-state index in [1.807, 2.05) is 36.4 Å². The molecule has 1 aliphatic heterocycles. The first-order valence-electron chi connectivity index (χ1n) is 9.11. The summed E-state index contributed by atoms with van der Waals surface area (Å²) in [7, 11) is 4.11. The first kappa shape index (κ1) is 19.5. The molecule has 2 aromatic rings. The van der Waals surface area contributed by atoms with Gasteiger partial charge in [-0.05, 0) is 69.9 Å². The van der Waals surface area contributed by atoms with Crippen LogP contribution < -0.4 is 5.32 Å². The van der Waals surface area contributed by atoms with Crippen LogP contribution >= 0.6 is 11.6 Å². The molecule has 3 rings (SSSR count). The average Bonchev–Trinajstić information content (AvgIpc) is 3.25. The summed E-state index contributed by atoms with van der Waals surface area (Å²) >= 11 is 5.92. The van der Waals surface area contributed by atoms with Crippen LogP contribution in [-0.4, -0.2) is 61.9 Å². The lowest BCUT2D eigenvalue weighted by Crippen LogP contribution is -2.34. The van der Waals surface area contributed by atoms with Crippen molar-refractivity contribution >= 4 is 23.8 Å². The molecule has 1 aromatic heterocycles. The number of nitrogens with one attached hydrogen (secondary N) is 1. The molecule has 2 amide bonds. The Balaban J connectivity index is 1.59. The van der Waals surface area contributed by atoms with Crippen LogP contribution in [0.3, 0.4) is 0 Å². The number of benzene rings is 1. The molecule has 1 saturated heterocycles. The average molecular weight is 389 g/mol. The second-order valence-electron chi connectivity index (χ2n) is 6.86. The van der Waals surface area contributed by atoms with Gasteiger partial charge in [-0.25, -0.2) is 4.79 Å². The van der Waals surface area contributed by atoms with Crippen LogP contribution in [0.2, 0.25) is 5.02 Å². The van der Waals surface area contributed by atoms with Crippen molar-refractivity contribution in [1.82, 2.24) is 15.1 Å². The van der Waals surface area contributed by atoms with Gasteiger partial charge in [0.2, 0.25) is 0 Å². The predicted octanol–water partition coefficient (Wildman–Crippen LogP) is 3.71. The molecule has 7 heteroatoms. The SMILES string of the molecule is CN(C)CCCCN1C(=O)NCC1N=Cc1ccc(-c2ccc(Cl)cc2)o1. The summed E-state index contributed by atoms with van der Waals surface area (Å²) in [5.41, 5.74) is 0.958. The molecule has 6 nitrogen and oxygen atoms in total. The maximum absolute atomic E-state index is 12.0. The second-order valence-corrected chi connectivity index (χ2v) is 7.29. The van der Waals surface area contributed by atoms with Crippen molar-refractivity contribution in [2.45, 2.75) is 19.0 Å². The largest absolute Gasteiger partial charge is 0.455 e. The molecule has 1 atom stereocenters. The molecule has 0 spiro atoms. The Kier molecular flexibility index (Phi) is 6.53. The molecule has 1 unspecified atom stereocenters. The Labute approximate surface area is 164 Å². The van der Waals surface area contributed by atoms with Crippen LogP contribution in [-0.2, 0) is 0 Å². The summed E-state index contributed by atoms with van der Waals surface area (Å²) in [5, 5.41) is 3.55. The normalized spacial score (nSPS) is 17.3. The Hall–Kier alpha value is -2.31. The highest BCUT2D eigenvalue weighted by Crippen LogP contribution is 2.23. The van der Waals surface area contributed by atoms with E-state index in [1.54, 1.807) is 11.1 Å². The van der Waals surface area contributed by atoms with Gasteiger partial charge >= 0.3 is 6.03 Å². The lowest BCUT2D eigenvalue weighted by molar-refractivity contribution is 0.203. The zero-order chi connectivity index (χ0) is 19.2. The molecule has 1 fully saturated rings. The zero-order valence-electron chi connectivity index (χ0n) is 15.7. The molecule has 1 aliphatic rings. The van der Waals surface area contributed by atoms with Crippen LogP contribution in [0.5, 0.6) is 0 Å². The maximum Gasteiger partial charge on any atom is 0.319 e. The number of aliphatic imine (C=N–C) groups is 1. The van der Waals surface area contributed by atoms with Crippen LogP contribution in [0.15, 0.2) is 45.8 Å². The highest BCUT2D eigenvalue weighted by molar-refractivity contribution is 6.30. The lowest BCUT2D eigenvalue weighted by Gasteiger charge is -2.20. The van der Waals surface area contributed by atoms with Gasteiger partial charge in [0.05, 0.1) is 12.8 Å². The third-order valence-corrected chi connectivity index (χ3v) is 4.69. The van der Waals surface area contributed by atoms with E-state index < -0.39 is 0 Å². The van der Waals surface area contributed by atoms with Gasteiger partial charge in [0.1, 0.15) is 17.7 Å². The number of hydrogen-bond donors (Lipinski definition) is 1. The summed E-state index contributed by atoms with van der Waals surface area (Å²) in [6.07, 6.45) is 3.51. The van der Waals surface area contributed by atoms with Crippen molar-refractivity contribution in [3.8, 4) is 11.3 Å². The molecule has 0 saturated carbocycles. The van der Waals surface area contributed by atoms with E-state index in [1.165, 1.54) is 0 Å². The Morgan fingerprint density at radius 1 is 1.26 bits per heavy atom. The molecule has 27 heavy (non-hydrogen) atoms. The summed E-state index contributed by atoms with van der Waals surface area (Å²) in [4.78, 5) is 20.5. The molecular formula is C20H25ClN4O2. The minimum atomic E-state index is -0.194. The topological polar surface area (TPSA) is 61.1 Å². The molecule has 0 radical (unpaired) electrons. The number of amides is 2. The van der Waals surface area contributed by atoms with Gasteiger partial charge in [0.15, 0.2) is 0 Å². The summed E-state index contributed by atoms with van der Waals surface area (Å²) < 4.78 is 5.83. The quantitative estimate of drug-likeness (QED) is 0.554. The van der Waals surface area contributed by atoms with Crippen LogP contribution in [0.4, 0.5) is 4.79 Å². The van der Waals surface area contributed by atoms with E-state index in [0.717, 1.165) is 30.7 Å². The van der Waals surface area contributed by atoms with E-state index >= 15 is 0 Å². The van der Waals surface area contributed by atoms with Crippen LogP contribution in [0.1, 0.15) is 18.6 Å². The standard InChI is InChI=1S/C20H25ClN4O2/c1-24(2)11-3-4-12-25-19(14-23-20(25)26)22-13-17-9-10-18(27-17)15-5-7-16(21)8-6-15/h5-10,13,19H,3-4,11-12,14H2,1-2H3,(H,23,26). The van der Waals surface area contributed by atoms with Gasteiger partial charge in [-0.1, -0.05) is 11.6 Å². The van der Waals surface area contributed by atoms with Crippen LogP contribution in [0.25, 0.3) is 11.3 Å². The summed E-state index contributed by atoms with van der Waals surface area (Å²) in [6.45, 7) is 2.24. The van der Waals surface area contributed by atoms with Crippen molar-refractivity contribution in [3.05, 3.63) is 47.2 Å². The van der Waals surface area contributed by atoms with E-state index in [9.17, 15) is 4.79 Å². The van der Waals surface area contributed by atoms with Crippen molar-refractivity contribution in [2.24, 2.45) is 4.99 Å². The maximum atomic E-state index is 12.0.